The van der Waals surface area contributed by atoms with Crippen molar-refractivity contribution in [2.45, 2.75) is 10.2 Å². The number of halogens is 2. The molecule has 0 radical (unpaired) electrons. The Bertz CT molecular complexity index is 88.6. The van der Waals surface area contributed by atoms with Crippen LogP contribution in [-0.4, -0.2) is 36.9 Å². The Balaban J connectivity index is 0. The van der Waals surface area contributed by atoms with Crippen LogP contribution in [0.3, 0.4) is 0 Å². The van der Waals surface area contributed by atoms with Crippen molar-refractivity contribution in [3.63, 3.8) is 0 Å². The van der Waals surface area contributed by atoms with E-state index in [1.165, 1.54) is 0 Å². The predicted molar refractivity (Wildman–Crippen MR) is 56.8 cm³/mol. The van der Waals surface area contributed by atoms with E-state index in [2.05, 4.69) is 26.7 Å². The van der Waals surface area contributed by atoms with Crippen molar-refractivity contribution < 1.29 is 16.5 Å². The van der Waals surface area contributed by atoms with Crippen LogP contribution in [-0.2, 0) is 16.5 Å². The standard InChI is InChI=1S/C6H14Cl2P2.Ni/c1-9(2)5(7)6(8)10(3)4;/h5-6H,1-4H3;. The topological polar surface area (TPSA) is 0 Å². The van der Waals surface area contributed by atoms with Crippen LogP contribution in [0.5, 0.6) is 0 Å². The number of alkyl halides is 2. The van der Waals surface area contributed by atoms with Gasteiger partial charge in [-0.1, -0.05) is 15.8 Å². The molecule has 0 saturated carbocycles. The SMILES string of the molecule is CP(C)C(Cl)C(Cl)P(C)C.[Ni]. The van der Waals surface area contributed by atoms with Gasteiger partial charge in [0.05, 0.1) is 10.2 Å². The fraction of sp³-hybridized carbons (Fsp3) is 1.00. The van der Waals surface area contributed by atoms with Crippen LogP contribution in [0.25, 0.3) is 0 Å². The van der Waals surface area contributed by atoms with Crippen LogP contribution >= 0.6 is 39.0 Å². The summed E-state index contributed by atoms with van der Waals surface area (Å²) in [5, 5.41) is 0.385. The Hall–Kier alpha value is 1.93. The van der Waals surface area contributed by atoms with Crippen LogP contribution in [0.4, 0.5) is 0 Å². The minimum Gasteiger partial charge on any atom is -0.116 e. The average molecular weight is 278 g/mol. The van der Waals surface area contributed by atoms with Crippen molar-refractivity contribution in [2.24, 2.45) is 0 Å². The first-order valence-corrected chi connectivity index (χ1v) is 8.56. The minimum absolute atomic E-state index is 0. The molecule has 0 rings (SSSR count). The monoisotopic (exact) mass is 276 g/mol. The second kappa shape index (κ2) is 7.35. The van der Waals surface area contributed by atoms with E-state index in [9.17, 15) is 0 Å². The third kappa shape index (κ3) is 6.07. The van der Waals surface area contributed by atoms with Gasteiger partial charge in [-0.15, -0.1) is 23.2 Å². The Labute approximate surface area is 92.2 Å². The molecule has 0 fully saturated rings. The molecule has 0 amide bonds. The third-order valence-electron chi connectivity index (χ3n) is 1.21. The second-order valence-corrected chi connectivity index (χ2v) is 9.19. The molecule has 2 atom stereocenters. The maximum absolute atomic E-state index is 6.07. The molecule has 0 nitrogen and oxygen atoms in total. The molecule has 2 unspecified atom stereocenters. The van der Waals surface area contributed by atoms with E-state index in [1.807, 2.05) is 0 Å². The van der Waals surface area contributed by atoms with Crippen molar-refractivity contribution in [3.8, 4) is 0 Å². The average Bonchev–Trinajstić information content (AvgIpc) is 1.84. The van der Waals surface area contributed by atoms with Gasteiger partial charge in [0.1, 0.15) is 0 Å². The summed E-state index contributed by atoms with van der Waals surface area (Å²) in [6.45, 7) is 8.67. The molecule has 0 aromatic carbocycles. The first-order valence-electron chi connectivity index (χ1n) is 3.08. The molecule has 0 aromatic heterocycles. The van der Waals surface area contributed by atoms with Gasteiger partial charge in [0.2, 0.25) is 0 Å². The molecular formula is C6H14Cl2NiP2. The maximum Gasteiger partial charge on any atom is 0.0729 e. The summed E-state index contributed by atoms with van der Waals surface area (Å²) >= 11 is 12.1. The Morgan fingerprint density at radius 3 is 1.09 bits per heavy atom. The van der Waals surface area contributed by atoms with Gasteiger partial charge in [-0.05, 0) is 26.7 Å². The molecule has 11 heavy (non-hydrogen) atoms. The Morgan fingerprint density at radius 2 is 1.00 bits per heavy atom. The molecule has 0 aliphatic carbocycles. The zero-order valence-corrected chi connectivity index (χ0v) is 11.4. The summed E-state index contributed by atoms with van der Waals surface area (Å²) < 4.78 is 0. The molecule has 0 aliphatic heterocycles. The fourth-order valence-corrected chi connectivity index (χ4v) is 4.43. The van der Waals surface area contributed by atoms with E-state index in [-0.39, 0.29) is 42.6 Å². The number of hydrogen-bond acceptors (Lipinski definition) is 0. The minimum atomic E-state index is -0.0838. The van der Waals surface area contributed by atoms with E-state index < -0.39 is 0 Å². The fourth-order valence-electron chi connectivity index (χ4n) is 0.492. The van der Waals surface area contributed by atoms with Gasteiger partial charge in [-0.2, -0.15) is 0 Å². The van der Waals surface area contributed by atoms with Gasteiger partial charge in [0.25, 0.3) is 0 Å². The van der Waals surface area contributed by atoms with Gasteiger partial charge in [0, 0.05) is 16.5 Å². The van der Waals surface area contributed by atoms with Gasteiger partial charge in [-0.25, -0.2) is 0 Å². The summed E-state index contributed by atoms with van der Waals surface area (Å²) in [4.78, 5) is 0. The number of hydrogen-bond donors (Lipinski definition) is 0. The second-order valence-electron chi connectivity index (χ2n) is 2.67. The van der Waals surface area contributed by atoms with Gasteiger partial charge >= 0.3 is 0 Å². The maximum atomic E-state index is 6.07. The predicted octanol–water partition coefficient (Wildman–Crippen LogP) is 3.60. The van der Waals surface area contributed by atoms with E-state index in [0.29, 0.717) is 0 Å². The van der Waals surface area contributed by atoms with E-state index in [1.54, 1.807) is 0 Å². The Morgan fingerprint density at radius 1 is 0.818 bits per heavy atom. The van der Waals surface area contributed by atoms with Gasteiger partial charge < -0.3 is 0 Å². The van der Waals surface area contributed by atoms with E-state index in [0.717, 1.165) is 0 Å². The van der Waals surface area contributed by atoms with Gasteiger partial charge in [-0.3, -0.25) is 0 Å². The summed E-state index contributed by atoms with van der Waals surface area (Å²) in [6.07, 6.45) is 0. The molecule has 0 heterocycles. The number of rotatable bonds is 3. The molecule has 0 aromatic rings. The third-order valence-corrected chi connectivity index (χ3v) is 7.34. The summed E-state index contributed by atoms with van der Waals surface area (Å²) in [7, 11) is -0.168. The molecule has 5 heteroatoms. The molecule has 0 aliphatic rings. The molecule has 0 N–H and O–H groups in total. The van der Waals surface area contributed by atoms with Crippen LogP contribution in [0.1, 0.15) is 0 Å². The first kappa shape index (κ1) is 15.4. The van der Waals surface area contributed by atoms with Crippen molar-refractivity contribution in [3.05, 3.63) is 0 Å². The summed E-state index contributed by atoms with van der Waals surface area (Å²) in [6, 6.07) is 0. The molecule has 0 spiro atoms. The zero-order chi connectivity index (χ0) is 8.31. The van der Waals surface area contributed by atoms with Crippen molar-refractivity contribution in [1.82, 2.24) is 0 Å². The first-order chi connectivity index (χ1) is 4.46. The van der Waals surface area contributed by atoms with Crippen molar-refractivity contribution in [1.29, 1.82) is 0 Å². The summed E-state index contributed by atoms with van der Waals surface area (Å²) in [5.41, 5.74) is 0. The molecule has 0 saturated heterocycles. The van der Waals surface area contributed by atoms with Crippen LogP contribution in [0.15, 0.2) is 0 Å². The molecular weight excluding hydrogens is 264 g/mol. The Kier molecular flexibility index (Phi) is 10.3. The van der Waals surface area contributed by atoms with Crippen molar-refractivity contribution >= 4 is 39.0 Å². The van der Waals surface area contributed by atoms with Crippen molar-refractivity contribution in [2.75, 3.05) is 26.7 Å². The van der Waals surface area contributed by atoms with Gasteiger partial charge in [0.15, 0.2) is 0 Å². The summed E-state index contributed by atoms with van der Waals surface area (Å²) in [5.74, 6) is 0. The quantitative estimate of drug-likeness (QED) is 0.420. The molecule has 72 valence electrons. The van der Waals surface area contributed by atoms with Crippen LogP contribution in [0.2, 0.25) is 0 Å². The normalized spacial score (nSPS) is 16.4. The smallest absolute Gasteiger partial charge is 0.0729 e. The zero-order valence-electron chi connectivity index (χ0n) is 7.12. The van der Waals surface area contributed by atoms with E-state index in [4.69, 9.17) is 23.2 Å². The van der Waals surface area contributed by atoms with Crippen LogP contribution in [0, 0.1) is 0 Å². The largest absolute Gasteiger partial charge is 0.116 e. The molecule has 0 bridgehead atoms. The van der Waals surface area contributed by atoms with E-state index >= 15 is 0 Å². The van der Waals surface area contributed by atoms with Crippen LogP contribution < -0.4 is 0 Å².